The minimum Gasteiger partial charge on any atom is -0.434 e. The Labute approximate surface area is 249 Å². The lowest BCUT2D eigenvalue weighted by molar-refractivity contribution is 0.0536. The highest BCUT2D eigenvalue weighted by atomic mass is 16.7. The zero-order chi connectivity index (χ0) is 29.5. The van der Waals surface area contributed by atoms with Crippen LogP contribution in [0.25, 0.3) is 0 Å². The molecule has 0 saturated carbocycles. The van der Waals surface area contributed by atoms with Gasteiger partial charge in [0.25, 0.3) is 0 Å². The number of hydrogen-bond donors (Lipinski definition) is 0. The molecule has 220 valence electrons. The minimum atomic E-state index is -0.600. The molecular formula is C36H40O6. The van der Waals surface area contributed by atoms with E-state index in [0.717, 1.165) is 36.8 Å². The van der Waals surface area contributed by atoms with Gasteiger partial charge in [0.2, 0.25) is 0 Å². The summed E-state index contributed by atoms with van der Waals surface area (Å²) in [5, 5.41) is 0. The third-order valence-corrected chi connectivity index (χ3v) is 6.25. The average molecular weight is 569 g/mol. The van der Waals surface area contributed by atoms with Gasteiger partial charge in [-0.3, -0.25) is 0 Å². The third-order valence-electron chi connectivity index (χ3n) is 6.25. The molecule has 0 aliphatic rings. The molecule has 0 aliphatic carbocycles. The minimum absolute atomic E-state index is 0.341. The first-order valence-electron chi connectivity index (χ1n) is 14.4. The molecule has 0 heterocycles. The Morgan fingerprint density at radius 1 is 0.357 bits per heavy atom. The lowest BCUT2D eigenvalue weighted by atomic mass is 10.1. The zero-order valence-corrected chi connectivity index (χ0v) is 24.1. The lowest BCUT2D eigenvalue weighted by Gasteiger charge is -2.06. The maximum absolute atomic E-state index is 11.4. The molecule has 0 saturated heterocycles. The Morgan fingerprint density at radius 2 is 0.619 bits per heavy atom. The second-order valence-corrected chi connectivity index (χ2v) is 9.54. The number of aryl methyl sites for hydroxylation is 2. The maximum atomic E-state index is 11.4. The van der Waals surface area contributed by atoms with Crippen molar-refractivity contribution in [3.05, 3.63) is 144 Å². The van der Waals surface area contributed by atoms with Crippen LogP contribution in [-0.2, 0) is 44.6 Å². The molecular weight excluding hydrogens is 528 g/mol. The second-order valence-electron chi connectivity index (χ2n) is 9.54. The van der Waals surface area contributed by atoms with E-state index in [4.69, 9.17) is 18.9 Å². The molecule has 0 N–H and O–H groups in total. The van der Waals surface area contributed by atoms with Crippen LogP contribution in [0.4, 0.5) is 9.59 Å². The molecule has 0 fully saturated rings. The molecule has 0 amide bonds. The van der Waals surface area contributed by atoms with E-state index in [1.807, 2.05) is 97.1 Å². The Morgan fingerprint density at radius 3 is 0.929 bits per heavy atom. The fourth-order valence-electron chi connectivity index (χ4n) is 4.03. The van der Waals surface area contributed by atoms with Gasteiger partial charge in [0.1, 0.15) is 0 Å². The van der Waals surface area contributed by atoms with Crippen molar-refractivity contribution in [1.82, 2.24) is 0 Å². The monoisotopic (exact) mass is 568 g/mol. The van der Waals surface area contributed by atoms with Crippen molar-refractivity contribution in [2.24, 2.45) is 0 Å². The summed E-state index contributed by atoms with van der Waals surface area (Å²) in [5.41, 5.74) is 4.79. The van der Waals surface area contributed by atoms with Gasteiger partial charge in [-0.05, 0) is 47.9 Å². The first kappa shape index (κ1) is 31.9. The third kappa shape index (κ3) is 14.7. The summed E-state index contributed by atoms with van der Waals surface area (Å²) in [6.45, 7) is 1.47. The molecule has 0 unspecified atom stereocenters. The topological polar surface area (TPSA) is 71.1 Å². The molecule has 6 heteroatoms. The van der Waals surface area contributed by atoms with E-state index in [1.54, 1.807) is 0 Å². The summed E-state index contributed by atoms with van der Waals surface area (Å²) in [7, 11) is 0. The molecule has 42 heavy (non-hydrogen) atoms. The van der Waals surface area contributed by atoms with Crippen LogP contribution in [0, 0.1) is 0 Å². The number of hydrogen-bond acceptors (Lipinski definition) is 6. The van der Waals surface area contributed by atoms with Crippen LogP contribution in [0.15, 0.2) is 121 Å². The zero-order valence-electron chi connectivity index (χ0n) is 24.1. The van der Waals surface area contributed by atoms with Gasteiger partial charge in [-0.15, -0.1) is 0 Å². The van der Waals surface area contributed by atoms with Gasteiger partial charge in [-0.2, -0.15) is 0 Å². The average Bonchev–Trinajstić information content (AvgIpc) is 3.04. The van der Waals surface area contributed by atoms with Crippen LogP contribution < -0.4 is 0 Å². The van der Waals surface area contributed by atoms with Crippen molar-refractivity contribution in [3.63, 3.8) is 0 Å². The van der Waals surface area contributed by atoms with Crippen molar-refractivity contribution in [2.45, 2.75) is 38.5 Å². The molecule has 0 aliphatic heterocycles. The lowest BCUT2D eigenvalue weighted by Crippen LogP contribution is -2.11. The Bertz CT molecular complexity index is 1150. The Hall–Kier alpha value is -4.58. The molecule has 0 spiro atoms. The standard InChI is InChI=1S/C19H22O3.C17H18O3/c20-19(21-15-7-13-17-9-3-1-4-10-17)22-16-8-14-18-11-5-2-6-12-18;18-17(19-13-11-15-7-3-1-4-8-15)20-14-12-16-9-5-2-6-10-16/h1-6,9-12H,7-8,13-16H2;1-10H,11-14H2. The highest BCUT2D eigenvalue weighted by Gasteiger charge is 2.05. The number of benzene rings is 4. The summed E-state index contributed by atoms with van der Waals surface area (Å²) in [6, 6.07) is 40.1. The predicted octanol–water partition coefficient (Wildman–Crippen LogP) is 8.03. The first-order chi connectivity index (χ1) is 20.7. The van der Waals surface area contributed by atoms with Gasteiger partial charge in [0.05, 0.1) is 26.4 Å². The molecule has 4 rings (SSSR count). The maximum Gasteiger partial charge on any atom is 0.508 e. The van der Waals surface area contributed by atoms with Gasteiger partial charge in [-0.1, -0.05) is 121 Å². The molecule has 4 aromatic rings. The number of ether oxygens (including phenoxy) is 4. The molecule has 0 atom stereocenters. The summed E-state index contributed by atoms with van der Waals surface area (Å²) in [5.74, 6) is 0. The summed E-state index contributed by atoms with van der Waals surface area (Å²) in [4.78, 5) is 22.8. The molecule has 0 radical (unpaired) electrons. The number of rotatable bonds is 14. The summed E-state index contributed by atoms with van der Waals surface area (Å²) < 4.78 is 20.2. The highest BCUT2D eigenvalue weighted by molar-refractivity contribution is 5.60. The number of carbonyl (C=O) groups is 2. The highest BCUT2D eigenvalue weighted by Crippen LogP contribution is 2.05. The normalized spacial score (nSPS) is 10.1. The fourth-order valence-corrected chi connectivity index (χ4v) is 4.03. The predicted molar refractivity (Wildman–Crippen MR) is 164 cm³/mol. The van der Waals surface area contributed by atoms with Gasteiger partial charge in [-0.25, -0.2) is 9.59 Å². The van der Waals surface area contributed by atoms with E-state index < -0.39 is 12.3 Å². The quantitative estimate of drug-likeness (QED) is 0.113. The first-order valence-corrected chi connectivity index (χ1v) is 14.4. The van der Waals surface area contributed by atoms with Crippen molar-refractivity contribution < 1.29 is 28.5 Å². The Balaban J connectivity index is 0.000000231. The van der Waals surface area contributed by atoms with Crippen LogP contribution in [0.1, 0.15) is 35.1 Å². The fraction of sp³-hybridized carbons (Fsp3) is 0.278. The van der Waals surface area contributed by atoms with E-state index in [-0.39, 0.29) is 0 Å². The van der Waals surface area contributed by atoms with Crippen LogP contribution >= 0.6 is 0 Å². The molecule has 4 aromatic carbocycles. The van der Waals surface area contributed by atoms with E-state index >= 15 is 0 Å². The SMILES string of the molecule is O=C(OCCCc1ccccc1)OCCCc1ccccc1.O=C(OCCc1ccccc1)OCCc1ccccc1. The van der Waals surface area contributed by atoms with Crippen molar-refractivity contribution >= 4 is 12.3 Å². The molecule has 6 nitrogen and oxygen atoms in total. The van der Waals surface area contributed by atoms with Crippen LogP contribution in [0.3, 0.4) is 0 Å². The van der Waals surface area contributed by atoms with Gasteiger partial charge in [0, 0.05) is 12.8 Å². The molecule has 0 aromatic heterocycles. The van der Waals surface area contributed by atoms with Crippen molar-refractivity contribution in [2.75, 3.05) is 26.4 Å². The van der Waals surface area contributed by atoms with Crippen LogP contribution in [-0.4, -0.2) is 38.7 Å². The van der Waals surface area contributed by atoms with Gasteiger partial charge in [0.15, 0.2) is 0 Å². The van der Waals surface area contributed by atoms with E-state index in [2.05, 4.69) is 24.3 Å². The summed E-state index contributed by atoms with van der Waals surface area (Å²) in [6.07, 6.45) is 3.66. The Kier molecular flexibility index (Phi) is 15.5. The largest absolute Gasteiger partial charge is 0.508 e. The van der Waals surface area contributed by atoms with E-state index in [0.29, 0.717) is 39.3 Å². The van der Waals surface area contributed by atoms with Gasteiger partial charge >= 0.3 is 12.3 Å². The van der Waals surface area contributed by atoms with Crippen molar-refractivity contribution in [3.8, 4) is 0 Å². The smallest absolute Gasteiger partial charge is 0.434 e. The number of carbonyl (C=O) groups excluding carboxylic acids is 2. The van der Waals surface area contributed by atoms with E-state index in [1.165, 1.54) is 11.1 Å². The molecule has 0 bridgehead atoms. The van der Waals surface area contributed by atoms with Crippen molar-refractivity contribution in [1.29, 1.82) is 0 Å². The van der Waals surface area contributed by atoms with Crippen LogP contribution in [0.2, 0.25) is 0 Å². The van der Waals surface area contributed by atoms with E-state index in [9.17, 15) is 9.59 Å². The van der Waals surface area contributed by atoms with Gasteiger partial charge < -0.3 is 18.9 Å². The summed E-state index contributed by atoms with van der Waals surface area (Å²) >= 11 is 0. The second kappa shape index (κ2) is 20.3. The van der Waals surface area contributed by atoms with Crippen LogP contribution in [0.5, 0.6) is 0 Å².